The van der Waals surface area contributed by atoms with Crippen molar-refractivity contribution in [2.75, 3.05) is 0 Å². The molecule has 3 unspecified atom stereocenters. The van der Waals surface area contributed by atoms with Gasteiger partial charge >= 0.3 is 0 Å². The summed E-state index contributed by atoms with van der Waals surface area (Å²) < 4.78 is 0. The second-order valence-electron chi connectivity index (χ2n) is 4.96. The number of rotatable bonds is 5. The highest BCUT2D eigenvalue weighted by atomic mass is 16.3. The lowest BCUT2D eigenvalue weighted by atomic mass is 9.75. The van der Waals surface area contributed by atoms with Gasteiger partial charge in [0, 0.05) is 0 Å². The van der Waals surface area contributed by atoms with Gasteiger partial charge in [0.1, 0.15) is 0 Å². The molecule has 17 heavy (non-hydrogen) atoms. The van der Waals surface area contributed by atoms with Crippen molar-refractivity contribution >= 4 is 5.91 Å². The molecule has 1 aliphatic carbocycles. The first kappa shape index (κ1) is 14.2. The van der Waals surface area contributed by atoms with Gasteiger partial charge in [-0.15, -0.1) is 0 Å². The molecule has 0 saturated heterocycles. The van der Waals surface area contributed by atoms with Crippen LogP contribution in [0.2, 0.25) is 0 Å². The minimum absolute atomic E-state index is 0.132. The Morgan fingerprint density at radius 2 is 2.29 bits per heavy atom. The summed E-state index contributed by atoms with van der Waals surface area (Å²) in [5, 5.41) is 9.74. The molecule has 4 nitrogen and oxygen atoms in total. The molecule has 0 saturated carbocycles. The molecule has 1 amide bonds. The van der Waals surface area contributed by atoms with Gasteiger partial charge in [0.15, 0.2) is 0 Å². The topological polar surface area (TPSA) is 75.3 Å². The number of hydrogen-bond donors (Lipinski definition) is 3. The maximum absolute atomic E-state index is 11.8. The minimum atomic E-state index is -0.413. The quantitative estimate of drug-likeness (QED) is 0.224. The van der Waals surface area contributed by atoms with Crippen LogP contribution in [-0.4, -0.2) is 17.1 Å². The van der Waals surface area contributed by atoms with Gasteiger partial charge in [-0.05, 0) is 25.7 Å². The van der Waals surface area contributed by atoms with Crippen LogP contribution in [0.5, 0.6) is 0 Å². The first-order chi connectivity index (χ1) is 8.10. The van der Waals surface area contributed by atoms with Crippen LogP contribution >= 0.6 is 0 Å². The Balaban J connectivity index is 2.70. The fourth-order valence-corrected chi connectivity index (χ4v) is 2.74. The van der Waals surface area contributed by atoms with E-state index in [-0.39, 0.29) is 17.7 Å². The average Bonchev–Trinajstić information content (AvgIpc) is 2.28. The van der Waals surface area contributed by atoms with Crippen molar-refractivity contribution in [2.24, 2.45) is 17.7 Å². The molecule has 4 heteroatoms. The van der Waals surface area contributed by atoms with Crippen molar-refractivity contribution < 1.29 is 9.90 Å². The zero-order valence-corrected chi connectivity index (χ0v) is 10.8. The third-order valence-corrected chi connectivity index (χ3v) is 3.56. The smallest absolute Gasteiger partial charge is 0.241 e. The van der Waals surface area contributed by atoms with Crippen molar-refractivity contribution in [3.05, 3.63) is 11.6 Å². The molecule has 4 N–H and O–H groups in total. The van der Waals surface area contributed by atoms with Crippen molar-refractivity contribution in [3.8, 4) is 0 Å². The van der Waals surface area contributed by atoms with Gasteiger partial charge in [-0.25, -0.2) is 5.84 Å². The van der Waals surface area contributed by atoms with Crippen LogP contribution in [0.25, 0.3) is 0 Å². The van der Waals surface area contributed by atoms with Crippen molar-refractivity contribution in [1.82, 2.24) is 5.43 Å². The first-order valence-electron chi connectivity index (χ1n) is 6.47. The molecule has 0 heterocycles. The third-order valence-electron chi connectivity index (χ3n) is 3.56. The van der Waals surface area contributed by atoms with Gasteiger partial charge in [-0.1, -0.05) is 37.8 Å². The lowest BCUT2D eigenvalue weighted by Crippen LogP contribution is -2.42. The van der Waals surface area contributed by atoms with Crippen LogP contribution in [0.1, 0.15) is 46.0 Å². The van der Waals surface area contributed by atoms with Gasteiger partial charge in [0.25, 0.3) is 0 Å². The summed E-state index contributed by atoms with van der Waals surface area (Å²) in [6.07, 6.45) is 6.45. The molecule has 0 aromatic rings. The zero-order valence-electron chi connectivity index (χ0n) is 10.8. The van der Waals surface area contributed by atoms with E-state index in [0.29, 0.717) is 6.42 Å². The van der Waals surface area contributed by atoms with E-state index in [1.807, 2.05) is 6.92 Å². The number of amides is 1. The maximum Gasteiger partial charge on any atom is 0.241 e. The summed E-state index contributed by atoms with van der Waals surface area (Å²) in [7, 11) is 0. The van der Waals surface area contributed by atoms with Gasteiger partial charge in [0.2, 0.25) is 5.91 Å². The van der Waals surface area contributed by atoms with Crippen LogP contribution < -0.4 is 11.3 Å². The standard InChI is InChI=1S/C13H24N2O2/c1-3-4-5-6-10-8-11(16)7-9(2)12(10)13(17)15-14/h7,10-12,16H,3-6,8,14H2,1-2H3,(H,15,17). The molecule has 98 valence electrons. The lowest BCUT2D eigenvalue weighted by molar-refractivity contribution is -0.126. The Labute approximate surface area is 103 Å². The fourth-order valence-electron chi connectivity index (χ4n) is 2.74. The highest BCUT2D eigenvalue weighted by Gasteiger charge is 2.33. The molecule has 0 fully saturated rings. The number of aliphatic hydroxyl groups is 1. The summed E-state index contributed by atoms with van der Waals surface area (Å²) in [6.45, 7) is 4.06. The first-order valence-corrected chi connectivity index (χ1v) is 6.47. The number of nitrogens with two attached hydrogens (primary N) is 1. The van der Waals surface area contributed by atoms with E-state index in [0.717, 1.165) is 24.8 Å². The van der Waals surface area contributed by atoms with E-state index >= 15 is 0 Å². The number of carbonyl (C=O) groups excluding carboxylic acids is 1. The summed E-state index contributed by atoms with van der Waals surface area (Å²) in [5.74, 6) is 5.14. The van der Waals surface area contributed by atoms with Crippen LogP contribution in [0.15, 0.2) is 11.6 Å². The Kier molecular flexibility index (Phi) is 5.65. The van der Waals surface area contributed by atoms with Crippen molar-refractivity contribution in [2.45, 2.75) is 52.1 Å². The van der Waals surface area contributed by atoms with E-state index in [1.54, 1.807) is 6.08 Å². The lowest BCUT2D eigenvalue weighted by Gasteiger charge is -2.32. The SMILES string of the molecule is CCCCCC1CC(O)C=C(C)C1C(=O)NN. The summed E-state index contributed by atoms with van der Waals surface area (Å²) in [5.41, 5.74) is 3.18. The van der Waals surface area contributed by atoms with Gasteiger partial charge < -0.3 is 5.11 Å². The van der Waals surface area contributed by atoms with Crippen LogP contribution in [0.3, 0.4) is 0 Å². The Morgan fingerprint density at radius 3 is 2.88 bits per heavy atom. The zero-order chi connectivity index (χ0) is 12.8. The fraction of sp³-hybridized carbons (Fsp3) is 0.769. The molecule has 0 aromatic heterocycles. The number of nitrogens with one attached hydrogen (secondary N) is 1. The molecule has 3 atom stereocenters. The summed E-state index contributed by atoms with van der Waals surface area (Å²) in [6, 6.07) is 0. The molecule has 1 aliphatic rings. The van der Waals surface area contributed by atoms with Crippen molar-refractivity contribution in [1.29, 1.82) is 0 Å². The van der Waals surface area contributed by atoms with Crippen molar-refractivity contribution in [3.63, 3.8) is 0 Å². The highest BCUT2D eigenvalue weighted by Crippen LogP contribution is 2.34. The second-order valence-corrected chi connectivity index (χ2v) is 4.96. The number of hydrogen-bond acceptors (Lipinski definition) is 3. The predicted molar refractivity (Wildman–Crippen MR) is 67.8 cm³/mol. The number of carbonyl (C=O) groups is 1. The molecule has 0 bridgehead atoms. The van der Waals surface area contributed by atoms with Crippen LogP contribution in [-0.2, 0) is 4.79 Å². The Hall–Kier alpha value is -0.870. The minimum Gasteiger partial charge on any atom is -0.389 e. The van der Waals surface area contributed by atoms with E-state index < -0.39 is 6.10 Å². The molecule has 0 aromatic carbocycles. The molecule has 0 radical (unpaired) electrons. The van der Waals surface area contributed by atoms with Gasteiger partial charge in [-0.2, -0.15) is 0 Å². The van der Waals surface area contributed by atoms with E-state index in [9.17, 15) is 9.90 Å². The van der Waals surface area contributed by atoms with E-state index in [2.05, 4.69) is 12.3 Å². The molecule has 1 rings (SSSR count). The van der Waals surface area contributed by atoms with Crippen LogP contribution in [0.4, 0.5) is 0 Å². The number of hydrazine groups is 1. The van der Waals surface area contributed by atoms with Gasteiger partial charge in [0.05, 0.1) is 12.0 Å². The second kappa shape index (κ2) is 6.77. The Morgan fingerprint density at radius 1 is 1.59 bits per heavy atom. The van der Waals surface area contributed by atoms with E-state index in [1.165, 1.54) is 6.42 Å². The normalized spacial score (nSPS) is 28.7. The third kappa shape index (κ3) is 3.82. The number of aliphatic hydroxyl groups excluding tert-OH is 1. The van der Waals surface area contributed by atoms with Crippen LogP contribution in [0, 0.1) is 11.8 Å². The molecule has 0 spiro atoms. The summed E-state index contributed by atoms with van der Waals surface area (Å²) in [4.78, 5) is 11.8. The van der Waals surface area contributed by atoms with E-state index in [4.69, 9.17) is 5.84 Å². The van der Waals surface area contributed by atoms with Gasteiger partial charge in [-0.3, -0.25) is 10.2 Å². The monoisotopic (exact) mass is 240 g/mol. The largest absolute Gasteiger partial charge is 0.389 e. The average molecular weight is 240 g/mol. The maximum atomic E-state index is 11.8. The molecular formula is C13H24N2O2. The molecule has 0 aliphatic heterocycles. The molecular weight excluding hydrogens is 216 g/mol. The Bertz CT molecular complexity index is 289. The predicted octanol–water partition coefficient (Wildman–Crippen LogP) is 1.50. The highest BCUT2D eigenvalue weighted by molar-refractivity contribution is 5.81. The number of unbranched alkanes of at least 4 members (excludes halogenated alkanes) is 2. The summed E-state index contributed by atoms with van der Waals surface area (Å²) >= 11 is 0.